The smallest absolute Gasteiger partial charge is 0.321 e. The number of hydrogen-bond acceptors (Lipinski definition) is 5. The summed E-state index contributed by atoms with van der Waals surface area (Å²) in [5, 5.41) is 1.01. The molecule has 3 rings (SSSR count). The van der Waals surface area contributed by atoms with Gasteiger partial charge in [-0.15, -0.1) is 11.8 Å². The number of carbonyl (C=O) groups excluding carboxylic acids is 1. The average Bonchev–Trinajstić information content (AvgIpc) is 2.68. The van der Waals surface area contributed by atoms with Gasteiger partial charge in [-0.2, -0.15) is 0 Å². The SMILES string of the molecule is CCOC(=O)C(C)(C)Sc1ccnc2ccc(-c3cccc(OC)c3)cc12. The van der Waals surface area contributed by atoms with Crippen molar-refractivity contribution in [2.24, 2.45) is 0 Å². The lowest BCUT2D eigenvalue weighted by molar-refractivity contribution is -0.145. The fourth-order valence-corrected chi connectivity index (χ4v) is 3.91. The molecule has 0 saturated carbocycles. The van der Waals surface area contributed by atoms with E-state index < -0.39 is 4.75 Å². The summed E-state index contributed by atoms with van der Waals surface area (Å²) in [5.74, 6) is 0.598. The van der Waals surface area contributed by atoms with Gasteiger partial charge < -0.3 is 9.47 Å². The number of carbonyl (C=O) groups is 1. The highest BCUT2D eigenvalue weighted by Gasteiger charge is 2.31. The molecule has 2 aromatic carbocycles. The first-order valence-electron chi connectivity index (χ1n) is 8.84. The minimum Gasteiger partial charge on any atom is -0.497 e. The fourth-order valence-electron chi connectivity index (χ4n) is 2.81. The van der Waals surface area contributed by atoms with E-state index in [1.165, 1.54) is 11.8 Å². The number of pyridine rings is 1. The van der Waals surface area contributed by atoms with Gasteiger partial charge in [-0.3, -0.25) is 9.78 Å². The van der Waals surface area contributed by atoms with Crippen molar-refractivity contribution < 1.29 is 14.3 Å². The minimum absolute atomic E-state index is 0.219. The molecule has 0 bridgehead atoms. The van der Waals surface area contributed by atoms with Crippen LogP contribution in [0, 0.1) is 0 Å². The van der Waals surface area contributed by atoms with Crippen LogP contribution in [0.5, 0.6) is 5.75 Å². The van der Waals surface area contributed by atoms with Crippen LogP contribution >= 0.6 is 11.8 Å². The molecular weight excluding hydrogens is 358 g/mol. The fraction of sp³-hybridized carbons (Fsp3) is 0.273. The molecule has 1 heterocycles. The van der Waals surface area contributed by atoms with Crippen LogP contribution in [-0.2, 0) is 9.53 Å². The Morgan fingerprint density at radius 1 is 1.11 bits per heavy atom. The van der Waals surface area contributed by atoms with E-state index in [2.05, 4.69) is 23.2 Å². The predicted molar refractivity (Wildman–Crippen MR) is 110 cm³/mol. The van der Waals surface area contributed by atoms with E-state index >= 15 is 0 Å². The molecule has 0 unspecified atom stereocenters. The lowest BCUT2D eigenvalue weighted by Crippen LogP contribution is -2.29. The zero-order valence-corrected chi connectivity index (χ0v) is 16.8. The Bertz CT molecular complexity index is 969. The van der Waals surface area contributed by atoms with E-state index in [0.29, 0.717) is 6.61 Å². The van der Waals surface area contributed by atoms with Crippen LogP contribution < -0.4 is 4.74 Å². The number of thioether (sulfide) groups is 1. The Balaban J connectivity index is 2.03. The highest BCUT2D eigenvalue weighted by atomic mass is 32.2. The zero-order chi connectivity index (χ0) is 19.4. The molecule has 4 nitrogen and oxygen atoms in total. The van der Waals surface area contributed by atoms with Crippen molar-refractivity contribution >= 4 is 28.6 Å². The lowest BCUT2D eigenvalue weighted by Gasteiger charge is -2.22. The molecule has 0 aliphatic heterocycles. The summed E-state index contributed by atoms with van der Waals surface area (Å²) in [6.07, 6.45) is 1.77. The first kappa shape index (κ1) is 19.2. The highest BCUT2D eigenvalue weighted by molar-refractivity contribution is 8.01. The Morgan fingerprint density at radius 3 is 2.63 bits per heavy atom. The maximum atomic E-state index is 12.3. The molecule has 0 fully saturated rings. The maximum absolute atomic E-state index is 12.3. The molecule has 0 aliphatic carbocycles. The molecule has 0 saturated heterocycles. The van der Waals surface area contributed by atoms with Gasteiger partial charge in [0.2, 0.25) is 0 Å². The summed E-state index contributed by atoms with van der Waals surface area (Å²) in [6, 6.07) is 16.1. The second kappa shape index (κ2) is 8.01. The number of benzene rings is 2. The molecule has 0 N–H and O–H groups in total. The monoisotopic (exact) mass is 381 g/mol. The van der Waals surface area contributed by atoms with Gasteiger partial charge in [0.05, 0.1) is 19.2 Å². The first-order valence-corrected chi connectivity index (χ1v) is 9.65. The molecule has 140 valence electrons. The van der Waals surface area contributed by atoms with Gasteiger partial charge in [0.25, 0.3) is 0 Å². The normalized spacial score (nSPS) is 11.4. The third-order valence-electron chi connectivity index (χ3n) is 4.24. The Kier molecular flexibility index (Phi) is 5.71. The summed E-state index contributed by atoms with van der Waals surface area (Å²) in [7, 11) is 1.66. The Morgan fingerprint density at radius 2 is 1.89 bits per heavy atom. The Labute approximate surface area is 163 Å². The molecule has 0 atom stereocenters. The third-order valence-corrected chi connectivity index (χ3v) is 5.49. The summed E-state index contributed by atoms with van der Waals surface area (Å²) < 4.78 is 9.87. The van der Waals surface area contributed by atoms with Crippen LogP contribution in [0.4, 0.5) is 0 Å². The molecule has 27 heavy (non-hydrogen) atoms. The quantitative estimate of drug-likeness (QED) is 0.426. The molecular formula is C22H23NO3S. The predicted octanol–water partition coefficient (Wildman–Crippen LogP) is 5.34. The Hall–Kier alpha value is -2.53. The van der Waals surface area contributed by atoms with Gasteiger partial charge in [0.1, 0.15) is 10.5 Å². The summed E-state index contributed by atoms with van der Waals surface area (Å²) in [4.78, 5) is 17.8. The van der Waals surface area contributed by atoms with Crippen molar-refractivity contribution in [1.29, 1.82) is 0 Å². The van der Waals surface area contributed by atoms with E-state index in [9.17, 15) is 4.79 Å². The minimum atomic E-state index is -0.684. The maximum Gasteiger partial charge on any atom is 0.321 e. The van der Waals surface area contributed by atoms with Crippen LogP contribution in [0.15, 0.2) is 59.6 Å². The van der Waals surface area contributed by atoms with Crippen molar-refractivity contribution in [3.63, 3.8) is 0 Å². The van der Waals surface area contributed by atoms with E-state index in [1.54, 1.807) is 13.3 Å². The van der Waals surface area contributed by atoms with Gasteiger partial charge in [0, 0.05) is 16.5 Å². The van der Waals surface area contributed by atoms with Crippen LogP contribution in [0.3, 0.4) is 0 Å². The van der Waals surface area contributed by atoms with E-state index in [-0.39, 0.29) is 5.97 Å². The van der Waals surface area contributed by atoms with Crippen LogP contribution in [0.25, 0.3) is 22.0 Å². The highest BCUT2D eigenvalue weighted by Crippen LogP contribution is 2.38. The second-order valence-corrected chi connectivity index (χ2v) is 8.27. The van der Waals surface area contributed by atoms with E-state index in [0.717, 1.165) is 32.7 Å². The number of methoxy groups -OCH3 is 1. The third kappa shape index (κ3) is 4.25. The second-order valence-electron chi connectivity index (χ2n) is 6.61. The topological polar surface area (TPSA) is 48.4 Å². The standard InChI is InChI=1S/C22H23NO3S/c1-5-26-21(24)22(2,3)27-20-11-12-23-19-10-9-16(14-18(19)20)15-7-6-8-17(13-15)25-4/h6-14H,5H2,1-4H3. The van der Waals surface area contributed by atoms with Gasteiger partial charge in [-0.25, -0.2) is 0 Å². The summed E-state index contributed by atoms with van der Waals surface area (Å²) >= 11 is 1.50. The number of ether oxygens (including phenoxy) is 2. The van der Waals surface area contributed by atoms with Gasteiger partial charge in [0.15, 0.2) is 0 Å². The van der Waals surface area contributed by atoms with Crippen molar-refractivity contribution in [3.8, 4) is 16.9 Å². The van der Waals surface area contributed by atoms with Crippen molar-refractivity contribution in [2.45, 2.75) is 30.4 Å². The van der Waals surface area contributed by atoms with E-state index in [1.807, 2.05) is 51.1 Å². The molecule has 0 amide bonds. The molecule has 0 radical (unpaired) electrons. The number of hydrogen-bond donors (Lipinski definition) is 0. The number of fused-ring (bicyclic) bond motifs is 1. The molecule has 0 aliphatic rings. The lowest BCUT2D eigenvalue weighted by atomic mass is 10.0. The summed E-state index contributed by atoms with van der Waals surface area (Å²) in [6.45, 7) is 5.96. The largest absolute Gasteiger partial charge is 0.497 e. The van der Waals surface area contributed by atoms with Crippen LogP contribution in [-0.4, -0.2) is 29.4 Å². The number of esters is 1. The number of nitrogens with zero attached hydrogens (tertiary/aromatic N) is 1. The zero-order valence-electron chi connectivity index (χ0n) is 16.0. The van der Waals surface area contributed by atoms with Crippen molar-refractivity contribution in [3.05, 3.63) is 54.7 Å². The van der Waals surface area contributed by atoms with Crippen molar-refractivity contribution in [2.75, 3.05) is 13.7 Å². The average molecular weight is 381 g/mol. The van der Waals surface area contributed by atoms with Crippen molar-refractivity contribution in [1.82, 2.24) is 4.98 Å². The van der Waals surface area contributed by atoms with Gasteiger partial charge >= 0.3 is 5.97 Å². The molecule has 5 heteroatoms. The van der Waals surface area contributed by atoms with Crippen LogP contribution in [0.2, 0.25) is 0 Å². The molecule has 3 aromatic rings. The molecule has 1 aromatic heterocycles. The van der Waals surface area contributed by atoms with E-state index in [4.69, 9.17) is 9.47 Å². The number of rotatable bonds is 6. The van der Waals surface area contributed by atoms with Crippen LogP contribution in [0.1, 0.15) is 20.8 Å². The van der Waals surface area contributed by atoms with Gasteiger partial charge in [-0.05, 0) is 62.2 Å². The molecule has 0 spiro atoms. The summed E-state index contributed by atoms with van der Waals surface area (Å²) in [5.41, 5.74) is 3.04. The first-order chi connectivity index (χ1) is 12.9. The van der Waals surface area contributed by atoms with Gasteiger partial charge in [-0.1, -0.05) is 18.2 Å². The number of aromatic nitrogens is 1.